The molecule has 1 unspecified atom stereocenters. The molecule has 1 fully saturated rings. The molecule has 1 aromatic heterocycles. The van der Waals surface area contributed by atoms with E-state index in [9.17, 15) is 5.11 Å². The summed E-state index contributed by atoms with van der Waals surface area (Å²) in [5.74, 6) is 1.58. The van der Waals surface area contributed by atoms with Crippen LogP contribution in [-0.2, 0) is 5.41 Å². The molecule has 19 heavy (non-hydrogen) atoms. The maximum atomic E-state index is 9.50. The molecule has 1 aromatic rings. The van der Waals surface area contributed by atoms with Crippen molar-refractivity contribution in [2.24, 2.45) is 0 Å². The first-order valence-corrected chi connectivity index (χ1v) is 7.22. The van der Waals surface area contributed by atoms with E-state index in [4.69, 9.17) is 11.6 Å². The summed E-state index contributed by atoms with van der Waals surface area (Å²) in [5, 5.41) is 9.97. The monoisotopic (exact) mass is 283 g/mol. The molecule has 1 N–H and O–H groups in total. The average Bonchev–Trinajstić information content (AvgIpc) is 2.37. The van der Waals surface area contributed by atoms with Crippen LogP contribution in [0, 0.1) is 0 Å². The van der Waals surface area contributed by atoms with Crippen LogP contribution in [0.4, 0.5) is 5.82 Å². The molecular formula is C14H22ClN3O. The van der Waals surface area contributed by atoms with E-state index >= 15 is 0 Å². The summed E-state index contributed by atoms with van der Waals surface area (Å²) < 4.78 is 0. The number of rotatable bonds is 2. The SMILES string of the molecule is CC(C)(C)c1nc(Cl)cc(N2CCCCC2CO)n1. The number of halogens is 1. The van der Waals surface area contributed by atoms with Gasteiger partial charge in [-0.1, -0.05) is 32.4 Å². The lowest BCUT2D eigenvalue weighted by Gasteiger charge is -2.36. The molecule has 0 amide bonds. The van der Waals surface area contributed by atoms with Crippen LogP contribution < -0.4 is 4.90 Å². The Morgan fingerprint density at radius 2 is 2.11 bits per heavy atom. The first-order valence-electron chi connectivity index (χ1n) is 6.84. The molecule has 0 aromatic carbocycles. The number of aliphatic hydroxyl groups is 1. The number of piperidine rings is 1. The lowest BCUT2D eigenvalue weighted by atomic mass is 9.95. The molecule has 0 saturated carbocycles. The van der Waals surface area contributed by atoms with Gasteiger partial charge in [-0.3, -0.25) is 0 Å². The summed E-state index contributed by atoms with van der Waals surface area (Å²) >= 11 is 6.13. The number of hydrogen-bond donors (Lipinski definition) is 1. The highest BCUT2D eigenvalue weighted by Gasteiger charge is 2.25. The number of aliphatic hydroxyl groups excluding tert-OH is 1. The van der Waals surface area contributed by atoms with Crippen LogP contribution in [0.5, 0.6) is 0 Å². The lowest BCUT2D eigenvalue weighted by molar-refractivity contribution is 0.239. The normalized spacial score (nSPS) is 20.7. The van der Waals surface area contributed by atoms with E-state index in [0.29, 0.717) is 5.15 Å². The van der Waals surface area contributed by atoms with Crippen LogP contribution >= 0.6 is 11.6 Å². The second-order valence-electron chi connectivity index (χ2n) is 6.15. The van der Waals surface area contributed by atoms with Crippen LogP contribution in [0.1, 0.15) is 45.9 Å². The second kappa shape index (κ2) is 5.63. The summed E-state index contributed by atoms with van der Waals surface area (Å²) in [6, 6.07) is 1.94. The Bertz CT molecular complexity index is 445. The maximum absolute atomic E-state index is 9.50. The lowest BCUT2D eigenvalue weighted by Crippen LogP contribution is -2.42. The van der Waals surface area contributed by atoms with Gasteiger partial charge in [-0.2, -0.15) is 0 Å². The summed E-state index contributed by atoms with van der Waals surface area (Å²) in [5.41, 5.74) is -0.135. The average molecular weight is 284 g/mol. The Balaban J connectivity index is 2.35. The largest absolute Gasteiger partial charge is 0.394 e. The molecule has 0 bridgehead atoms. The van der Waals surface area contributed by atoms with Crippen molar-refractivity contribution in [3.05, 3.63) is 17.0 Å². The van der Waals surface area contributed by atoms with Gasteiger partial charge in [0, 0.05) is 18.0 Å². The second-order valence-corrected chi connectivity index (χ2v) is 6.54. The molecular weight excluding hydrogens is 262 g/mol. The number of anilines is 1. The highest BCUT2D eigenvalue weighted by molar-refractivity contribution is 6.29. The Kier molecular flexibility index (Phi) is 4.31. The Hall–Kier alpha value is -0.870. The van der Waals surface area contributed by atoms with Crippen LogP contribution in [0.15, 0.2) is 6.07 Å². The van der Waals surface area contributed by atoms with Gasteiger partial charge < -0.3 is 10.0 Å². The van der Waals surface area contributed by atoms with Gasteiger partial charge in [0.2, 0.25) is 0 Å². The molecule has 1 aliphatic heterocycles. The molecule has 5 heteroatoms. The van der Waals surface area contributed by atoms with E-state index in [2.05, 4.69) is 35.6 Å². The van der Waals surface area contributed by atoms with Crippen LogP contribution in [0.2, 0.25) is 5.15 Å². The van der Waals surface area contributed by atoms with Crippen molar-refractivity contribution in [2.45, 2.75) is 51.5 Å². The van der Waals surface area contributed by atoms with Gasteiger partial charge in [-0.25, -0.2) is 9.97 Å². The van der Waals surface area contributed by atoms with Crippen molar-refractivity contribution in [1.29, 1.82) is 0 Å². The molecule has 0 radical (unpaired) electrons. The maximum Gasteiger partial charge on any atom is 0.137 e. The third-order valence-electron chi connectivity index (χ3n) is 3.48. The highest BCUT2D eigenvalue weighted by Crippen LogP contribution is 2.28. The summed E-state index contributed by atoms with van der Waals surface area (Å²) in [7, 11) is 0. The minimum absolute atomic E-state index is 0.135. The Labute approximate surface area is 119 Å². The summed E-state index contributed by atoms with van der Waals surface area (Å²) in [6.07, 6.45) is 3.29. The smallest absolute Gasteiger partial charge is 0.137 e. The topological polar surface area (TPSA) is 49.2 Å². The first-order chi connectivity index (χ1) is 8.91. The fourth-order valence-electron chi connectivity index (χ4n) is 2.38. The van der Waals surface area contributed by atoms with Gasteiger partial charge in [-0.05, 0) is 19.3 Å². The number of hydrogen-bond acceptors (Lipinski definition) is 4. The molecule has 4 nitrogen and oxygen atoms in total. The molecule has 2 rings (SSSR count). The summed E-state index contributed by atoms with van der Waals surface area (Å²) in [6.45, 7) is 7.29. The van der Waals surface area contributed by atoms with Crippen LogP contribution in [0.3, 0.4) is 0 Å². The van der Waals surface area contributed by atoms with Gasteiger partial charge >= 0.3 is 0 Å². The van der Waals surface area contributed by atoms with E-state index in [-0.39, 0.29) is 18.1 Å². The van der Waals surface area contributed by atoms with E-state index in [0.717, 1.165) is 37.4 Å². The third-order valence-corrected chi connectivity index (χ3v) is 3.68. The molecule has 106 valence electrons. The van der Waals surface area contributed by atoms with Crippen molar-refractivity contribution >= 4 is 17.4 Å². The van der Waals surface area contributed by atoms with Gasteiger partial charge in [0.25, 0.3) is 0 Å². The molecule has 0 aliphatic carbocycles. The number of nitrogens with zero attached hydrogens (tertiary/aromatic N) is 3. The molecule has 0 spiro atoms. The van der Waals surface area contributed by atoms with Crippen molar-refractivity contribution in [1.82, 2.24) is 9.97 Å². The fourth-order valence-corrected chi connectivity index (χ4v) is 2.56. The van der Waals surface area contributed by atoms with E-state index in [1.54, 1.807) is 6.07 Å². The van der Waals surface area contributed by atoms with Crippen molar-refractivity contribution in [3.63, 3.8) is 0 Å². The summed E-state index contributed by atoms with van der Waals surface area (Å²) in [4.78, 5) is 11.1. The molecule has 2 heterocycles. The van der Waals surface area contributed by atoms with Crippen molar-refractivity contribution < 1.29 is 5.11 Å². The molecule has 1 saturated heterocycles. The van der Waals surface area contributed by atoms with Gasteiger partial charge in [0.05, 0.1) is 12.6 Å². The molecule has 1 atom stereocenters. The zero-order valence-corrected chi connectivity index (χ0v) is 12.6. The van der Waals surface area contributed by atoms with Gasteiger partial charge in [0.1, 0.15) is 16.8 Å². The number of aromatic nitrogens is 2. The van der Waals surface area contributed by atoms with E-state index in [1.165, 1.54) is 0 Å². The predicted octanol–water partition coefficient (Wildman–Crippen LogP) is 2.78. The fraction of sp³-hybridized carbons (Fsp3) is 0.714. The van der Waals surface area contributed by atoms with Crippen LogP contribution in [0.25, 0.3) is 0 Å². The predicted molar refractivity (Wildman–Crippen MR) is 77.8 cm³/mol. The molecule has 1 aliphatic rings. The van der Waals surface area contributed by atoms with Gasteiger partial charge in [-0.15, -0.1) is 0 Å². The highest BCUT2D eigenvalue weighted by atomic mass is 35.5. The van der Waals surface area contributed by atoms with Crippen molar-refractivity contribution in [3.8, 4) is 0 Å². The third kappa shape index (κ3) is 3.37. The van der Waals surface area contributed by atoms with Crippen molar-refractivity contribution in [2.75, 3.05) is 18.1 Å². The first kappa shape index (κ1) is 14.5. The Morgan fingerprint density at radius 3 is 2.74 bits per heavy atom. The quantitative estimate of drug-likeness (QED) is 0.848. The van der Waals surface area contributed by atoms with Gasteiger partial charge in [0.15, 0.2) is 0 Å². The standard InChI is InChI=1S/C14H22ClN3O/c1-14(2,3)13-16-11(15)8-12(17-13)18-7-5-4-6-10(18)9-19/h8,10,19H,4-7,9H2,1-3H3. The zero-order chi connectivity index (χ0) is 14.0. The minimum atomic E-state index is -0.135. The zero-order valence-electron chi connectivity index (χ0n) is 11.9. The van der Waals surface area contributed by atoms with E-state index < -0.39 is 0 Å². The van der Waals surface area contributed by atoms with Crippen LogP contribution in [-0.4, -0.2) is 34.3 Å². The van der Waals surface area contributed by atoms with E-state index in [1.807, 2.05) is 0 Å². The Morgan fingerprint density at radius 1 is 1.37 bits per heavy atom. The minimum Gasteiger partial charge on any atom is -0.394 e.